The highest BCUT2D eigenvalue weighted by atomic mass is 79.9. The zero-order valence-electron chi connectivity index (χ0n) is 10.3. The number of thioether (sulfide) groups is 1. The minimum atomic E-state index is 0.706. The normalized spacial score (nSPS) is 10.8. The first-order valence-electron chi connectivity index (χ1n) is 5.89. The number of hydrogen-bond acceptors (Lipinski definition) is 3. The molecule has 0 atom stereocenters. The predicted octanol–water partition coefficient (Wildman–Crippen LogP) is 3.78. The number of hydrogen-bond donors (Lipinski definition) is 1. The monoisotopic (exact) mass is 325 g/mol. The fourth-order valence-electron chi connectivity index (χ4n) is 1.64. The molecule has 5 heteroatoms. The summed E-state index contributed by atoms with van der Waals surface area (Å²) in [5.41, 5.74) is 7.28. The molecule has 3 nitrogen and oxygen atoms in total. The van der Waals surface area contributed by atoms with Crippen molar-refractivity contribution in [2.45, 2.75) is 24.8 Å². The number of anilines is 1. The Hall–Kier alpha value is -0.940. The van der Waals surface area contributed by atoms with Gasteiger partial charge in [-0.1, -0.05) is 35.0 Å². The van der Waals surface area contributed by atoms with Gasteiger partial charge in [0.05, 0.1) is 17.6 Å². The molecule has 0 saturated heterocycles. The zero-order valence-corrected chi connectivity index (χ0v) is 12.7. The average Bonchev–Trinajstić information content (AvgIpc) is 2.69. The number of nitrogens with zero attached hydrogens (tertiary/aromatic N) is 2. The lowest BCUT2D eigenvalue weighted by Crippen LogP contribution is -2.06. The molecule has 0 unspecified atom stereocenters. The van der Waals surface area contributed by atoms with Crippen LogP contribution in [0.1, 0.15) is 18.9 Å². The van der Waals surface area contributed by atoms with E-state index in [0.717, 1.165) is 27.4 Å². The second-order valence-corrected chi connectivity index (χ2v) is 6.08. The van der Waals surface area contributed by atoms with E-state index < -0.39 is 0 Å². The third kappa shape index (κ3) is 3.29. The van der Waals surface area contributed by atoms with Crippen LogP contribution in [0.25, 0.3) is 0 Å². The lowest BCUT2D eigenvalue weighted by Gasteiger charge is -2.05. The Kier molecular flexibility index (Phi) is 4.72. The van der Waals surface area contributed by atoms with Gasteiger partial charge in [-0.25, -0.2) is 4.68 Å². The number of nitrogen functional groups attached to an aromatic ring is 1. The fourth-order valence-corrected chi connectivity index (χ4v) is 2.88. The van der Waals surface area contributed by atoms with Gasteiger partial charge in [0.2, 0.25) is 0 Å². The zero-order chi connectivity index (χ0) is 13.0. The van der Waals surface area contributed by atoms with E-state index >= 15 is 0 Å². The molecule has 2 rings (SSSR count). The van der Waals surface area contributed by atoms with Crippen LogP contribution in [-0.4, -0.2) is 15.5 Å². The van der Waals surface area contributed by atoms with Gasteiger partial charge in [0, 0.05) is 4.47 Å². The molecule has 0 aliphatic heterocycles. The van der Waals surface area contributed by atoms with Gasteiger partial charge in [0.1, 0.15) is 5.82 Å². The summed E-state index contributed by atoms with van der Waals surface area (Å²) >= 11 is 5.23. The summed E-state index contributed by atoms with van der Waals surface area (Å²) in [6, 6.07) is 8.19. The van der Waals surface area contributed by atoms with Gasteiger partial charge in [-0.3, -0.25) is 0 Å². The molecule has 1 heterocycles. The Morgan fingerprint density at radius 2 is 2.28 bits per heavy atom. The standard InChI is InChI=1S/C13H16BrN3S/c1-2-6-18-12-8-16-17(13(12)15)9-10-4-3-5-11(14)7-10/h3-5,7-8H,2,6,9,15H2,1H3. The molecule has 1 aromatic carbocycles. The Morgan fingerprint density at radius 1 is 1.44 bits per heavy atom. The molecule has 0 amide bonds. The van der Waals surface area contributed by atoms with Gasteiger partial charge in [0.15, 0.2) is 0 Å². The first kappa shape index (κ1) is 13.5. The molecule has 96 valence electrons. The highest BCUT2D eigenvalue weighted by Crippen LogP contribution is 2.25. The van der Waals surface area contributed by atoms with Crippen molar-refractivity contribution in [3.05, 3.63) is 40.5 Å². The molecule has 0 aliphatic carbocycles. The molecule has 18 heavy (non-hydrogen) atoms. The molecule has 2 aromatic rings. The number of benzene rings is 1. The van der Waals surface area contributed by atoms with Crippen LogP contribution in [0.3, 0.4) is 0 Å². The lowest BCUT2D eigenvalue weighted by atomic mass is 10.2. The molecule has 0 radical (unpaired) electrons. The number of halogens is 1. The van der Waals surface area contributed by atoms with Crippen molar-refractivity contribution >= 4 is 33.5 Å². The lowest BCUT2D eigenvalue weighted by molar-refractivity contribution is 0.696. The number of rotatable bonds is 5. The van der Waals surface area contributed by atoms with Gasteiger partial charge in [0.25, 0.3) is 0 Å². The van der Waals surface area contributed by atoms with E-state index in [0.29, 0.717) is 6.54 Å². The van der Waals surface area contributed by atoms with Crippen molar-refractivity contribution in [2.75, 3.05) is 11.5 Å². The van der Waals surface area contributed by atoms with E-state index in [-0.39, 0.29) is 0 Å². The Bertz CT molecular complexity index is 525. The van der Waals surface area contributed by atoms with Gasteiger partial charge >= 0.3 is 0 Å². The van der Waals surface area contributed by atoms with Crippen molar-refractivity contribution in [2.24, 2.45) is 0 Å². The summed E-state index contributed by atoms with van der Waals surface area (Å²) < 4.78 is 2.92. The van der Waals surface area contributed by atoms with E-state index in [1.165, 1.54) is 5.56 Å². The van der Waals surface area contributed by atoms with Crippen LogP contribution in [0.4, 0.5) is 5.82 Å². The molecule has 1 aromatic heterocycles. The van der Waals surface area contributed by atoms with Crippen LogP contribution in [0.5, 0.6) is 0 Å². The van der Waals surface area contributed by atoms with Crippen LogP contribution >= 0.6 is 27.7 Å². The van der Waals surface area contributed by atoms with Crippen molar-refractivity contribution < 1.29 is 0 Å². The highest BCUT2D eigenvalue weighted by molar-refractivity contribution is 9.10. The highest BCUT2D eigenvalue weighted by Gasteiger charge is 2.08. The topological polar surface area (TPSA) is 43.8 Å². The van der Waals surface area contributed by atoms with Crippen molar-refractivity contribution in [1.82, 2.24) is 9.78 Å². The van der Waals surface area contributed by atoms with Gasteiger partial charge < -0.3 is 5.73 Å². The second-order valence-electron chi connectivity index (χ2n) is 4.03. The van der Waals surface area contributed by atoms with Crippen molar-refractivity contribution in [3.8, 4) is 0 Å². The van der Waals surface area contributed by atoms with Crippen LogP contribution < -0.4 is 5.73 Å². The van der Waals surface area contributed by atoms with Crippen molar-refractivity contribution in [3.63, 3.8) is 0 Å². The number of aromatic nitrogens is 2. The molecule has 0 saturated carbocycles. The maximum absolute atomic E-state index is 6.10. The molecule has 0 fully saturated rings. The smallest absolute Gasteiger partial charge is 0.135 e. The van der Waals surface area contributed by atoms with Gasteiger partial charge in [-0.05, 0) is 29.9 Å². The third-order valence-electron chi connectivity index (χ3n) is 2.53. The summed E-state index contributed by atoms with van der Waals surface area (Å²) in [6.45, 7) is 2.87. The maximum Gasteiger partial charge on any atom is 0.135 e. The van der Waals surface area contributed by atoms with E-state index in [1.54, 1.807) is 11.8 Å². The molecule has 0 spiro atoms. The quantitative estimate of drug-likeness (QED) is 0.851. The van der Waals surface area contributed by atoms with E-state index in [9.17, 15) is 0 Å². The van der Waals surface area contributed by atoms with Crippen LogP contribution in [-0.2, 0) is 6.54 Å². The number of nitrogens with two attached hydrogens (primary N) is 1. The summed E-state index contributed by atoms with van der Waals surface area (Å²) in [4.78, 5) is 1.08. The average molecular weight is 326 g/mol. The minimum absolute atomic E-state index is 0.706. The fraction of sp³-hybridized carbons (Fsp3) is 0.308. The maximum atomic E-state index is 6.10. The van der Waals surface area contributed by atoms with Crippen LogP contribution in [0, 0.1) is 0 Å². The Morgan fingerprint density at radius 3 is 3.00 bits per heavy atom. The van der Waals surface area contributed by atoms with Crippen molar-refractivity contribution in [1.29, 1.82) is 0 Å². The first-order valence-corrected chi connectivity index (χ1v) is 7.67. The Balaban J connectivity index is 2.12. The molecule has 2 N–H and O–H groups in total. The minimum Gasteiger partial charge on any atom is -0.383 e. The first-order chi connectivity index (χ1) is 8.70. The summed E-state index contributed by atoms with van der Waals surface area (Å²) in [6.07, 6.45) is 2.99. The van der Waals surface area contributed by atoms with E-state index in [2.05, 4.69) is 40.1 Å². The SMILES string of the molecule is CCCSc1cnn(Cc2cccc(Br)c2)c1N. The van der Waals surface area contributed by atoms with Gasteiger partial charge in [-0.15, -0.1) is 11.8 Å². The summed E-state index contributed by atoms with van der Waals surface area (Å²) in [5, 5.41) is 4.35. The van der Waals surface area contributed by atoms with Crippen LogP contribution in [0.15, 0.2) is 39.8 Å². The van der Waals surface area contributed by atoms with E-state index in [1.807, 2.05) is 23.0 Å². The predicted molar refractivity (Wildman–Crippen MR) is 80.9 cm³/mol. The summed E-state index contributed by atoms with van der Waals surface area (Å²) in [5.74, 6) is 1.83. The third-order valence-corrected chi connectivity index (χ3v) is 4.26. The molecule has 0 aliphatic rings. The molecular formula is C13H16BrN3S. The largest absolute Gasteiger partial charge is 0.383 e. The van der Waals surface area contributed by atoms with Gasteiger partial charge in [-0.2, -0.15) is 5.10 Å². The van der Waals surface area contributed by atoms with Crippen LogP contribution in [0.2, 0.25) is 0 Å². The van der Waals surface area contributed by atoms with E-state index in [4.69, 9.17) is 5.73 Å². The molecular weight excluding hydrogens is 310 g/mol. The molecule has 0 bridgehead atoms. The summed E-state index contributed by atoms with van der Waals surface area (Å²) in [7, 11) is 0. The Labute approximate surface area is 120 Å². The second kappa shape index (κ2) is 6.29.